The molecule has 1 nitrogen and oxygen atoms in total. The summed E-state index contributed by atoms with van der Waals surface area (Å²) in [7, 11) is 0. The van der Waals surface area contributed by atoms with E-state index in [2.05, 4.69) is 109 Å². The van der Waals surface area contributed by atoms with E-state index in [0.717, 1.165) is 56.3 Å². The Morgan fingerprint density at radius 1 is 1.06 bits per heavy atom. The van der Waals surface area contributed by atoms with Gasteiger partial charge in [0.1, 0.15) is 0 Å². The third-order valence-electron chi connectivity index (χ3n) is 6.97. The van der Waals surface area contributed by atoms with Gasteiger partial charge in [-0.1, -0.05) is 98.2 Å². The Hall–Kier alpha value is -2.80. The van der Waals surface area contributed by atoms with E-state index in [1.807, 2.05) is 0 Å². The summed E-state index contributed by atoms with van der Waals surface area (Å²) in [5.74, 6) is 0. The molecular formula is C34H47N. The highest BCUT2D eigenvalue weighted by Gasteiger charge is 2.11. The smallest absolute Gasteiger partial charge is 0.0340 e. The lowest BCUT2D eigenvalue weighted by Gasteiger charge is -2.16. The van der Waals surface area contributed by atoms with Gasteiger partial charge in [0, 0.05) is 12.2 Å². The lowest BCUT2D eigenvalue weighted by molar-refractivity contribution is 0.716. The van der Waals surface area contributed by atoms with Crippen LogP contribution in [0.25, 0.3) is 5.57 Å². The van der Waals surface area contributed by atoms with E-state index in [0.29, 0.717) is 0 Å². The van der Waals surface area contributed by atoms with Crippen LogP contribution >= 0.6 is 0 Å². The maximum atomic E-state index is 4.38. The summed E-state index contributed by atoms with van der Waals surface area (Å²) in [5.41, 5.74) is 13.0. The van der Waals surface area contributed by atoms with Crippen LogP contribution in [0.1, 0.15) is 91.2 Å². The summed E-state index contributed by atoms with van der Waals surface area (Å²) in [6.45, 7) is 23.0. The average molecular weight is 470 g/mol. The predicted octanol–water partition coefficient (Wildman–Crippen LogP) is 9.82. The summed E-state index contributed by atoms with van der Waals surface area (Å²) in [6.07, 6.45) is 16.8. The molecule has 1 aromatic rings. The van der Waals surface area contributed by atoms with E-state index in [-0.39, 0.29) is 0 Å². The van der Waals surface area contributed by atoms with Gasteiger partial charge in [-0.25, -0.2) is 0 Å². The van der Waals surface area contributed by atoms with Crippen LogP contribution in [-0.2, 0) is 6.42 Å². The van der Waals surface area contributed by atoms with Gasteiger partial charge < -0.3 is 5.32 Å². The van der Waals surface area contributed by atoms with Gasteiger partial charge in [0.05, 0.1) is 0 Å². The molecule has 0 aromatic heterocycles. The molecule has 2 rings (SSSR count). The zero-order chi connectivity index (χ0) is 25.8. The van der Waals surface area contributed by atoms with Gasteiger partial charge in [-0.3, -0.25) is 0 Å². The molecular weight excluding hydrogens is 422 g/mol. The predicted molar refractivity (Wildman–Crippen MR) is 157 cm³/mol. The van der Waals surface area contributed by atoms with Gasteiger partial charge in [-0.15, -0.1) is 0 Å². The molecule has 1 aromatic carbocycles. The van der Waals surface area contributed by atoms with Crippen molar-refractivity contribution in [1.82, 2.24) is 5.32 Å². The number of allylic oxidation sites excluding steroid dienone is 10. The van der Waals surface area contributed by atoms with Crippen molar-refractivity contribution in [3.05, 3.63) is 112 Å². The quantitative estimate of drug-likeness (QED) is 0.211. The van der Waals surface area contributed by atoms with Gasteiger partial charge in [0.2, 0.25) is 0 Å². The van der Waals surface area contributed by atoms with Gasteiger partial charge in [-0.05, 0) is 100 Å². The molecule has 1 heteroatoms. The minimum atomic E-state index is 0.859. The molecule has 0 spiro atoms. The lowest BCUT2D eigenvalue weighted by Crippen LogP contribution is -2.15. The fraction of sp³-hybridized carbons (Fsp3) is 0.412. The van der Waals surface area contributed by atoms with Crippen molar-refractivity contribution in [3.63, 3.8) is 0 Å². The fourth-order valence-electron chi connectivity index (χ4n) is 4.34. The Bertz CT molecular complexity index is 1030. The van der Waals surface area contributed by atoms with Crippen LogP contribution in [0.2, 0.25) is 0 Å². The van der Waals surface area contributed by atoms with Gasteiger partial charge in [0.15, 0.2) is 0 Å². The van der Waals surface area contributed by atoms with E-state index in [4.69, 9.17) is 0 Å². The summed E-state index contributed by atoms with van der Waals surface area (Å²) in [5, 5.41) is 3.54. The molecule has 188 valence electrons. The second-order valence-corrected chi connectivity index (χ2v) is 9.98. The van der Waals surface area contributed by atoms with Crippen molar-refractivity contribution in [3.8, 4) is 0 Å². The summed E-state index contributed by atoms with van der Waals surface area (Å²) in [4.78, 5) is 0. The Kier molecular flexibility index (Phi) is 11.8. The molecule has 1 aliphatic carbocycles. The molecule has 0 fully saturated rings. The highest BCUT2D eigenvalue weighted by Crippen LogP contribution is 2.29. The van der Waals surface area contributed by atoms with Crippen LogP contribution in [0.15, 0.2) is 101 Å². The number of benzene rings is 1. The molecule has 0 amide bonds. The first-order valence-corrected chi connectivity index (χ1v) is 13.4. The standard InChI is InChI=1S/C34H47N/c1-9-11-23-35-29(8)34(25(3)4)24-33(22-21-31-14-12-13-26(31)5)28(7)16-15-27(6)32-19-17-30(10-2)18-20-32/h12-13,16-20,24,35H,6,8-11,14-15,21-23H2,1-5,7H3/b28-16+,33-24+. The van der Waals surface area contributed by atoms with Gasteiger partial charge in [-0.2, -0.15) is 0 Å². The Morgan fingerprint density at radius 2 is 1.77 bits per heavy atom. The van der Waals surface area contributed by atoms with E-state index in [1.54, 1.807) is 5.57 Å². The Balaban J connectivity index is 2.26. The van der Waals surface area contributed by atoms with Crippen molar-refractivity contribution in [1.29, 1.82) is 0 Å². The third kappa shape index (κ3) is 9.06. The van der Waals surface area contributed by atoms with Crippen molar-refractivity contribution in [2.75, 3.05) is 6.54 Å². The first-order chi connectivity index (χ1) is 16.8. The molecule has 1 N–H and O–H groups in total. The largest absolute Gasteiger partial charge is 0.385 e. The van der Waals surface area contributed by atoms with Crippen LogP contribution in [0.3, 0.4) is 0 Å². The van der Waals surface area contributed by atoms with Crippen LogP contribution in [0.4, 0.5) is 0 Å². The molecule has 0 bridgehead atoms. The molecule has 0 unspecified atom stereocenters. The fourth-order valence-corrected chi connectivity index (χ4v) is 4.34. The zero-order valence-electron chi connectivity index (χ0n) is 23.2. The summed E-state index contributed by atoms with van der Waals surface area (Å²) < 4.78 is 0. The maximum Gasteiger partial charge on any atom is 0.0340 e. The number of nitrogens with one attached hydrogen (secondary N) is 1. The van der Waals surface area contributed by atoms with Gasteiger partial charge >= 0.3 is 0 Å². The lowest BCUT2D eigenvalue weighted by atomic mass is 9.92. The number of hydrogen-bond acceptors (Lipinski definition) is 1. The third-order valence-corrected chi connectivity index (χ3v) is 6.97. The summed E-state index contributed by atoms with van der Waals surface area (Å²) in [6, 6.07) is 8.84. The monoisotopic (exact) mass is 469 g/mol. The minimum absolute atomic E-state index is 0.859. The maximum absolute atomic E-state index is 4.38. The Labute approximate surface area is 215 Å². The average Bonchev–Trinajstić information content (AvgIpc) is 3.26. The highest BCUT2D eigenvalue weighted by atomic mass is 14.9. The van der Waals surface area contributed by atoms with E-state index in [9.17, 15) is 0 Å². The van der Waals surface area contributed by atoms with Crippen LogP contribution in [0.5, 0.6) is 0 Å². The number of rotatable bonds is 14. The van der Waals surface area contributed by atoms with E-state index in [1.165, 1.54) is 45.4 Å². The highest BCUT2D eigenvalue weighted by molar-refractivity contribution is 5.65. The molecule has 35 heavy (non-hydrogen) atoms. The van der Waals surface area contributed by atoms with Crippen LogP contribution in [0, 0.1) is 0 Å². The molecule has 0 saturated heterocycles. The number of unbranched alkanes of at least 4 members (excludes halogenated alkanes) is 1. The Morgan fingerprint density at radius 3 is 2.34 bits per heavy atom. The van der Waals surface area contributed by atoms with Crippen LogP contribution < -0.4 is 5.32 Å². The first-order valence-electron chi connectivity index (χ1n) is 13.4. The van der Waals surface area contributed by atoms with E-state index >= 15 is 0 Å². The van der Waals surface area contributed by atoms with Crippen molar-refractivity contribution in [2.45, 2.75) is 86.5 Å². The molecule has 1 aliphatic rings. The van der Waals surface area contributed by atoms with Gasteiger partial charge in [0.25, 0.3) is 0 Å². The van der Waals surface area contributed by atoms with Crippen molar-refractivity contribution in [2.24, 2.45) is 0 Å². The molecule has 0 radical (unpaired) electrons. The first kappa shape index (κ1) is 28.4. The molecule has 0 atom stereocenters. The van der Waals surface area contributed by atoms with Crippen LogP contribution in [-0.4, -0.2) is 6.54 Å². The SMILES string of the molecule is C=C(NCCCC)C(/C=C(CCC1=C(C)C=CC1)/C(C)=C/CC(=C)c1ccc(CC)cc1)=C(C)C. The van der Waals surface area contributed by atoms with Crippen molar-refractivity contribution < 1.29 is 0 Å². The normalized spacial score (nSPS) is 13.9. The molecule has 0 aliphatic heterocycles. The number of aryl methyl sites for hydroxylation is 1. The number of hydrogen-bond donors (Lipinski definition) is 1. The minimum Gasteiger partial charge on any atom is -0.385 e. The zero-order valence-corrected chi connectivity index (χ0v) is 23.2. The van der Waals surface area contributed by atoms with E-state index < -0.39 is 0 Å². The second-order valence-electron chi connectivity index (χ2n) is 9.98. The second kappa shape index (κ2) is 14.6. The molecule has 0 heterocycles. The molecule has 0 saturated carbocycles. The van der Waals surface area contributed by atoms with Crippen molar-refractivity contribution >= 4 is 5.57 Å². The summed E-state index contributed by atoms with van der Waals surface area (Å²) >= 11 is 0. The topological polar surface area (TPSA) is 12.0 Å².